The summed E-state index contributed by atoms with van der Waals surface area (Å²) in [5.41, 5.74) is 0.757. The molecule has 1 aromatic rings. The number of hydrogen-bond acceptors (Lipinski definition) is 5. The van der Waals surface area contributed by atoms with Crippen molar-refractivity contribution < 1.29 is 9.53 Å². The SMILES string of the molecule is CCN(CC)CCOc1ccc(C(=O)N2CCC(N3CCNCC3)C2)cc1. The second kappa shape index (κ2) is 10.1. The summed E-state index contributed by atoms with van der Waals surface area (Å²) in [7, 11) is 0. The number of likely N-dealkylation sites (N-methyl/N-ethyl adjacent to an activating group) is 1. The Bertz CT molecular complexity index is 582. The molecule has 0 bridgehead atoms. The fourth-order valence-corrected chi connectivity index (χ4v) is 3.98. The van der Waals surface area contributed by atoms with Gasteiger partial charge in [0.2, 0.25) is 0 Å². The monoisotopic (exact) mass is 374 g/mol. The molecule has 2 heterocycles. The van der Waals surface area contributed by atoms with E-state index in [2.05, 4.69) is 29.0 Å². The predicted octanol–water partition coefficient (Wildman–Crippen LogP) is 1.53. The number of hydrogen-bond donors (Lipinski definition) is 1. The molecule has 2 aliphatic heterocycles. The summed E-state index contributed by atoms with van der Waals surface area (Å²) in [4.78, 5) is 19.7. The third-order valence-electron chi connectivity index (χ3n) is 5.79. The van der Waals surface area contributed by atoms with E-state index in [1.54, 1.807) is 0 Å². The molecule has 150 valence electrons. The lowest BCUT2D eigenvalue weighted by Crippen LogP contribution is -2.49. The molecule has 3 rings (SSSR count). The standard InChI is InChI=1S/C21H34N4O2/c1-3-23(4-2)15-16-27-20-7-5-18(6-8-20)21(26)25-12-9-19(17-25)24-13-10-22-11-14-24/h5-8,19,22H,3-4,9-17H2,1-2H3. The van der Waals surface area contributed by atoms with E-state index in [1.807, 2.05) is 29.2 Å². The van der Waals surface area contributed by atoms with Crippen LogP contribution in [-0.4, -0.2) is 92.2 Å². The summed E-state index contributed by atoms with van der Waals surface area (Å²) in [5, 5.41) is 3.39. The molecule has 6 nitrogen and oxygen atoms in total. The molecule has 0 spiro atoms. The van der Waals surface area contributed by atoms with Crippen molar-refractivity contribution in [2.24, 2.45) is 0 Å². The maximum absolute atomic E-state index is 12.8. The van der Waals surface area contributed by atoms with E-state index in [1.165, 1.54) is 0 Å². The molecular weight excluding hydrogens is 340 g/mol. The zero-order chi connectivity index (χ0) is 19.1. The van der Waals surface area contributed by atoms with Crippen molar-refractivity contribution in [3.8, 4) is 5.75 Å². The van der Waals surface area contributed by atoms with Gasteiger partial charge >= 0.3 is 0 Å². The van der Waals surface area contributed by atoms with E-state index in [4.69, 9.17) is 4.74 Å². The molecule has 2 aliphatic rings. The van der Waals surface area contributed by atoms with Gasteiger partial charge in [0.05, 0.1) is 0 Å². The lowest BCUT2D eigenvalue weighted by molar-refractivity contribution is 0.0773. The van der Waals surface area contributed by atoms with Crippen molar-refractivity contribution >= 4 is 5.91 Å². The summed E-state index contributed by atoms with van der Waals surface area (Å²) < 4.78 is 5.82. The zero-order valence-electron chi connectivity index (χ0n) is 16.8. The molecule has 0 aromatic heterocycles. The van der Waals surface area contributed by atoms with Crippen LogP contribution in [0, 0.1) is 0 Å². The number of amides is 1. The van der Waals surface area contributed by atoms with Crippen molar-refractivity contribution in [3.05, 3.63) is 29.8 Å². The van der Waals surface area contributed by atoms with Crippen LogP contribution in [0.5, 0.6) is 5.75 Å². The molecule has 1 atom stereocenters. The maximum Gasteiger partial charge on any atom is 0.253 e. The van der Waals surface area contributed by atoms with E-state index in [0.717, 1.165) is 76.6 Å². The molecule has 1 aromatic carbocycles. The second-order valence-corrected chi connectivity index (χ2v) is 7.38. The van der Waals surface area contributed by atoms with Crippen LogP contribution in [0.4, 0.5) is 0 Å². The Labute approximate surface area is 163 Å². The van der Waals surface area contributed by atoms with E-state index in [-0.39, 0.29) is 5.91 Å². The van der Waals surface area contributed by atoms with Gasteiger partial charge in [0.15, 0.2) is 0 Å². The minimum absolute atomic E-state index is 0.141. The predicted molar refractivity (Wildman–Crippen MR) is 108 cm³/mol. The third-order valence-corrected chi connectivity index (χ3v) is 5.79. The van der Waals surface area contributed by atoms with Crippen molar-refractivity contribution in [2.75, 3.05) is 65.5 Å². The summed E-state index contributed by atoms with van der Waals surface area (Å²) >= 11 is 0. The van der Waals surface area contributed by atoms with Gasteiger partial charge < -0.3 is 19.9 Å². The first kappa shape index (κ1) is 20.1. The van der Waals surface area contributed by atoms with Crippen molar-refractivity contribution in [3.63, 3.8) is 0 Å². The number of piperazine rings is 1. The van der Waals surface area contributed by atoms with E-state index < -0.39 is 0 Å². The topological polar surface area (TPSA) is 48.1 Å². The number of carbonyl (C=O) groups is 1. The Balaban J connectivity index is 1.47. The van der Waals surface area contributed by atoms with Gasteiger partial charge in [-0.15, -0.1) is 0 Å². The van der Waals surface area contributed by atoms with Gasteiger partial charge in [-0.2, -0.15) is 0 Å². The van der Waals surface area contributed by atoms with E-state index >= 15 is 0 Å². The minimum atomic E-state index is 0.141. The van der Waals surface area contributed by atoms with Crippen molar-refractivity contribution in [1.29, 1.82) is 0 Å². The van der Waals surface area contributed by atoms with Crippen LogP contribution in [0.2, 0.25) is 0 Å². The van der Waals surface area contributed by atoms with E-state index in [9.17, 15) is 4.79 Å². The van der Waals surface area contributed by atoms with Gasteiger partial charge in [0, 0.05) is 57.4 Å². The first-order chi connectivity index (χ1) is 13.2. The zero-order valence-corrected chi connectivity index (χ0v) is 16.8. The van der Waals surface area contributed by atoms with Crippen LogP contribution in [0.25, 0.3) is 0 Å². The van der Waals surface area contributed by atoms with Crippen molar-refractivity contribution in [1.82, 2.24) is 20.0 Å². The fraction of sp³-hybridized carbons (Fsp3) is 0.667. The second-order valence-electron chi connectivity index (χ2n) is 7.38. The van der Waals surface area contributed by atoms with Gasteiger partial charge in [0.25, 0.3) is 5.91 Å². The smallest absolute Gasteiger partial charge is 0.253 e. The third kappa shape index (κ3) is 5.43. The quantitative estimate of drug-likeness (QED) is 0.748. The average molecular weight is 375 g/mol. The normalized spacial score (nSPS) is 21.0. The largest absolute Gasteiger partial charge is 0.492 e. The highest BCUT2D eigenvalue weighted by molar-refractivity contribution is 5.94. The highest BCUT2D eigenvalue weighted by Crippen LogP contribution is 2.20. The molecule has 2 fully saturated rings. The minimum Gasteiger partial charge on any atom is -0.492 e. The molecule has 0 saturated carbocycles. The highest BCUT2D eigenvalue weighted by atomic mass is 16.5. The Morgan fingerprint density at radius 3 is 2.52 bits per heavy atom. The number of rotatable bonds is 8. The van der Waals surface area contributed by atoms with Crippen LogP contribution in [0.1, 0.15) is 30.6 Å². The molecule has 0 radical (unpaired) electrons. The fourth-order valence-electron chi connectivity index (χ4n) is 3.98. The number of ether oxygens (including phenoxy) is 1. The number of nitrogens with one attached hydrogen (secondary N) is 1. The summed E-state index contributed by atoms with van der Waals surface area (Å²) in [6.07, 6.45) is 1.08. The lowest BCUT2D eigenvalue weighted by atomic mass is 10.2. The Hall–Kier alpha value is -1.63. The summed E-state index contributed by atoms with van der Waals surface area (Å²) in [6, 6.07) is 8.14. The van der Waals surface area contributed by atoms with Gasteiger partial charge in [-0.05, 0) is 43.8 Å². The number of carbonyl (C=O) groups excluding carboxylic acids is 1. The number of benzene rings is 1. The van der Waals surface area contributed by atoms with Gasteiger partial charge in [0.1, 0.15) is 12.4 Å². The summed E-state index contributed by atoms with van der Waals surface area (Å²) in [5.74, 6) is 0.973. The molecule has 2 saturated heterocycles. The molecule has 1 N–H and O–H groups in total. The molecule has 27 heavy (non-hydrogen) atoms. The maximum atomic E-state index is 12.8. The first-order valence-corrected chi connectivity index (χ1v) is 10.4. The molecule has 1 amide bonds. The first-order valence-electron chi connectivity index (χ1n) is 10.4. The van der Waals surface area contributed by atoms with Crippen LogP contribution < -0.4 is 10.1 Å². The average Bonchev–Trinajstić information content (AvgIpc) is 3.22. The van der Waals surface area contributed by atoms with Gasteiger partial charge in [-0.25, -0.2) is 0 Å². The Morgan fingerprint density at radius 2 is 1.85 bits per heavy atom. The van der Waals surface area contributed by atoms with Crippen LogP contribution in [0.15, 0.2) is 24.3 Å². The van der Waals surface area contributed by atoms with Gasteiger partial charge in [-0.3, -0.25) is 9.69 Å². The molecule has 6 heteroatoms. The van der Waals surface area contributed by atoms with Crippen LogP contribution >= 0.6 is 0 Å². The molecule has 0 aliphatic carbocycles. The summed E-state index contributed by atoms with van der Waals surface area (Å²) in [6.45, 7) is 14.0. The Kier molecular flexibility index (Phi) is 7.50. The van der Waals surface area contributed by atoms with Crippen LogP contribution in [-0.2, 0) is 0 Å². The number of likely N-dealkylation sites (tertiary alicyclic amines) is 1. The molecule has 1 unspecified atom stereocenters. The van der Waals surface area contributed by atoms with E-state index in [0.29, 0.717) is 12.6 Å². The van der Waals surface area contributed by atoms with Crippen molar-refractivity contribution in [2.45, 2.75) is 26.3 Å². The van der Waals surface area contributed by atoms with Crippen LogP contribution in [0.3, 0.4) is 0 Å². The lowest BCUT2D eigenvalue weighted by Gasteiger charge is -2.32. The Morgan fingerprint density at radius 1 is 1.15 bits per heavy atom. The molecular formula is C21H34N4O2. The highest BCUT2D eigenvalue weighted by Gasteiger charge is 2.31. The number of nitrogens with zero attached hydrogens (tertiary/aromatic N) is 3. The van der Waals surface area contributed by atoms with Gasteiger partial charge in [-0.1, -0.05) is 13.8 Å².